The molecule has 0 bridgehead atoms. The van der Waals surface area contributed by atoms with Gasteiger partial charge in [0.25, 0.3) is 0 Å². The van der Waals surface area contributed by atoms with Gasteiger partial charge in [-0.15, -0.1) is 0 Å². The molecule has 0 aliphatic carbocycles. The lowest BCUT2D eigenvalue weighted by Gasteiger charge is -2.12. The first-order valence-electron chi connectivity index (χ1n) is 10.5. The highest BCUT2D eigenvalue weighted by Crippen LogP contribution is 2.30. The summed E-state index contributed by atoms with van der Waals surface area (Å²) in [6, 6.07) is 23.2. The molecule has 0 saturated heterocycles. The van der Waals surface area contributed by atoms with Gasteiger partial charge in [-0.05, 0) is 73.0 Å². The average Bonchev–Trinajstić information content (AvgIpc) is 3.07. The maximum absolute atomic E-state index is 13.8. The smallest absolute Gasteiger partial charge is 0.264 e. The third-order valence-electron chi connectivity index (χ3n) is 5.41. The monoisotopic (exact) mass is 450 g/mol. The maximum atomic E-state index is 13.8. The number of hydrogen-bond donors (Lipinski definition) is 0. The molecule has 4 rings (SSSR count). The normalized spacial score (nSPS) is 11.1. The van der Waals surface area contributed by atoms with Crippen LogP contribution in [0.4, 0.5) is 0 Å². The molecule has 0 aliphatic heterocycles. The van der Waals surface area contributed by atoms with Crippen LogP contribution in [0.15, 0.2) is 77.6 Å². The summed E-state index contributed by atoms with van der Waals surface area (Å²) in [5.41, 5.74) is 5.65. The van der Waals surface area contributed by atoms with Crippen LogP contribution < -0.4 is 5.69 Å². The number of aromatic nitrogens is 2. The minimum absolute atomic E-state index is 0.106. The lowest BCUT2D eigenvalue weighted by Crippen LogP contribution is -2.23. The Kier molecular flexibility index (Phi) is 6.35. The molecule has 0 fully saturated rings. The molecule has 3 nitrogen and oxygen atoms in total. The second-order valence-electron chi connectivity index (χ2n) is 7.51. The lowest BCUT2D eigenvalue weighted by atomic mass is 10.0. The topological polar surface area (TPSA) is 26.9 Å². The molecule has 0 aliphatic rings. The van der Waals surface area contributed by atoms with E-state index in [0.717, 1.165) is 47.6 Å². The quantitative estimate of drug-likeness (QED) is 0.307. The maximum Gasteiger partial charge on any atom is 0.338 e. The van der Waals surface area contributed by atoms with Crippen LogP contribution in [0.2, 0.25) is 10.0 Å². The van der Waals surface area contributed by atoms with E-state index in [0.29, 0.717) is 10.0 Å². The van der Waals surface area contributed by atoms with E-state index >= 15 is 0 Å². The Hall–Kier alpha value is -2.75. The number of imidazole rings is 1. The zero-order valence-electron chi connectivity index (χ0n) is 17.6. The van der Waals surface area contributed by atoms with E-state index in [9.17, 15) is 4.79 Å². The number of halogens is 2. The highest BCUT2D eigenvalue weighted by molar-refractivity contribution is 6.30. The van der Waals surface area contributed by atoms with Gasteiger partial charge in [0.2, 0.25) is 0 Å². The van der Waals surface area contributed by atoms with Crippen molar-refractivity contribution in [3.63, 3.8) is 0 Å². The van der Waals surface area contributed by atoms with Crippen LogP contribution in [-0.4, -0.2) is 9.13 Å². The summed E-state index contributed by atoms with van der Waals surface area (Å²) in [7, 11) is 0. The molecule has 0 radical (unpaired) electrons. The average molecular weight is 451 g/mol. The van der Waals surface area contributed by atoms with Gasteiger partial charge in [0.05, 0.1) is 22.8 Å². The van der Waals surface area contributed by atoms with Crippen LogP contribution in [0.1, 0.15) is 31.5 Å². The molecule has 158 valence electrons. The zero-order valence-corrected chi connectivity index (χ0v) is 19.1. The molecule has 3 aromatic carbocycles. The third-order valence-corrected chi connectivity index (χ3v) is 5.92. The van der Waals surface area contributed by atoms with Crippen molar-refractivity contribution in [2.75, 3.05) is 0 Å². The zero-order chi connectivity index (χ0) is 22.0. The molecule has 5 heteroatoms. The number of rotatable bonds is 6. The SMILES string of the molecule is CCCc1c(-c2cccc(CC)c2)n(-c2ccc(Cl)cc2)c(=O)n1-c1ccc(Cl)cc1. The van der Waals surface area contributed by atoms with Crippen molar-refractivity contribution in [1.29, 1.82) is 0 Å². The van der Waals surface area contributed by atoms with Crippen molar-refractivity contribution in [2.45, 2.75) is 33.1 Å². The Morgan fingerprint density at radius 1 is 0.774 bits per heavy atom. The van der Waals surface area contributed by atoms with Gasteiger partial charge in [0.15, 0.2) is 0 Å². The second kappa shape index (κ2) is 9.17. The lowest BCUT2D eigenvalue weighted by molar-refractivity contribution is 0.823. The van der Waals surface area contributed by atoms with Gasteiger partial charge in [-0.2, -0.15) is 0 Å². The summed E-state index contributed by atoms with van der Waals surface area (Å²) in [6.07, 6.45) is 2.61. The van der Waals surface area contributed by atoms with E-state index in [1.807, 2.05) is 53.1 Å². The fraction of sp³-hybridized carbons (Fsp3) is 0.192. The number of nitrogens with zero attached hydrogens (tertiary/aromatic N) is 2. The fourth-order valence-electron chi connectivity index (χ4n) is 3.93. The summed E-state index contributed by atoms with van der Waals surface area (Å²) < 4.78 is 3.60. The van der Waals surface area contributed by atoms with Crippen LogP contribution in [0.25, 0.3) is 22.6 Å². The van der Waals surface area contributed by atoms with E-state index in [1.54, 1.807) is 4.57 Å². The Bertz CT molecular complexity index is 1250. The Morgan fingerprint density at radius 2 is 1.35 bits per heavy atom. The minimum Gasteiger partial charge on any atom is -0.264 e. The van der Waals surface area contributed by atoms with Gasteiger partial charge in [-0.25, -0.2) is 4.79 Å². The summed E-state index contributed by atoms with van der Waals surface area (Å²) >= 11 is 12.2. The first kappa shape index (κ1) is 21.5. The Morgan fingerprint density at radius 3 is 1.90 bits per heavy atom. The Balaban J connectivity index is 2.09. The van der Waals surface area contributed by atoms with E-state index in [4.69, 9.17) is 23.2 Å². The first-order chi connectivity index (χ1) is 15.0. The van der Waals surface area contributed by atoms with Gasteiger partial charge < -0.3 is 0 Å². The van der Waals surface area contributed by atoms with Crippen molar-refractivity contribution >= 4 is 23.2 Å². The standard InChI is InChI=1S/C26H24Cl2N2O/c1-3-6-24-25(19-8-5-7-18(4-2)17-19)30(23-15-11-21(28)12-16-23)26(31)29(24)22-13-9-20(27)10-14-22/h5,7-17H,3-4,6H2,1-2H3. The van der Waals surface area contributed by atoms with Crippen LogP contribution in [0.5, 0.6) is 0 Å². The molecule has 0 unspecified atom stereocenters. The fourth-order valence-corrected chi connectivity index (χ4v) is 4.19. The summed E-state index contributed by atoms with van der Waals surface area (Å²) in [4.78, 5) is 13.8. The van der Waals surface area contributed by atoms with Gasteiger partial charge in [0.1, 0.15) is 0 Å². The van der Waals surface area contributed by atoms with E-state index < -0.39 is 0 Å². The second-order valence-corrected chi connectivity index (χ2v) is 8.38. The molecule has 31 heavy (non-hydrogen) atoms. The van der Waals surface area contributed by atoms with Crippen molar-refractivity contribution in [3.05, 3.63) is 105 Å². The molecule has 0 saturated carbocycles. The molecule has 0 N–H and O–H groups in total. The number of benzene rings is 3. The van der Waals surface area contributed by atoms with Crippen LogP contribution in [-0.2, 0) is 12.8 Å². The molecule has 1 heterocycles. The predicted molar refractivity (Wildman–Crippen MR) is 130 cm³/mol. The van der Waals surface area contributed by atoms with Gasteiger partial charge in [0, 0.05) is 15.6 Å². The molecular weight excluding hydrogens is 427 g/mol. The molecule has 1 aromatic heterocycles. The Labute approximate surface area is 192 Å². The largest absolute Gasteiger partial charge is 0.338 e. The predicted octanol–water partition coefficient (Wildman–Crippen LogP) is 7.12. The van der Waals surface area contributed by atoms with E-state index in [-0.39, 0.29) is 5.69 Å². The van der Waals surface area contributed by atoms with Gasteiger partial charge in [-0.1, -0.05) is 61.7 Å². The minimum atomic E-state index is -0.106. The van der Waals surface area contributed by atoms with Crippen molar-refractivity contribution in [3.8, 4) is 22.6 Å². The number of hydrogen-bond acceptors (Lipinski definition) is 1. The van der Waals surface area contributed by atoms with E-state index in [1.165, 1.54) is 5.56 Å². The molecule has 4 aromatic rings. The molecule has 0 amide bonds. The van der Waals surface area contributed by atoms with E-state index in [2.05, 4.69) is 38.1 Å². The highest BCUT2D eigenvalue weighted by atomic mass is 35.5. The molecule has 0 atom stereocenters. The summed E-state index contributed by atoms with van der Waals surface area (Å²) in [5.74, 6) is 0. The van der Waals surface area contributed by atoms with Crippen molar-refractivity contribution in [2.24, 2.45) is 0 Å². The van der Waals surface area contributed by atoms with Crippen molar-refractivity contribution < 1.29 is 0 Å². The van der Waals surface area contributed by atoms with Crippen LogP contribution in [0.3, 0.4) is 0 Å². The first-order valence-corrected chi connectivity index (χ1v) is 11.3. The third kappa shape index (κ3) is 4.21. The number of aryl methyl sites for hydroxylation is 1. The van der Waals surface area contributed by atoms with Crippen LogP contribution in [0, 0.1) is 0 Å². The van der Waals surface area contributed by atoms with Crippen molar-refractivity contribution in [1.82, 2.24) is 9.13 Å². The summed E-state index contributed by atoms with van der Waals surface area (Å²) in [6.45, 7) is 4.26. The molecule has 0 spiro atoms. The van der Waals surface area contributed by atoms with Gasteiger partial charge in [-0.3, -0.25) is 9.13 Å². The van der Waals surface area contributed by atoms with Gasteiger partial charge >= 0.3 is 5.69 Å². The molecular formula is C26H24Cl2N2O. The van der Waals surface area contributed by atoms with Crippen LogP contribution >= 0.6 is 23.2 Å². The summed E-state index contributed by atoms with van der Waals surface area (Å²) in [5, 5.41) is 1.28. The highest BCUT2D eigenvalue weighted by Gasteiger charge is 2.23.